The fourth-order valence-electron chi connectivity index (χ4n) is 0.556. The standard InChI is InChI=1S/C8H8O/c9-8-6-4-2-1-3-5-7-8/h1-7,9H/b2-1-,3-1?,4-2?,5-3-,6-4-,7-5?,8-6?,8-7+. The zero-order chi connectivity index (χ0) is 6.53. The Kier molecular flexibility index (Phi) is 1.91. The van der Waals surface area contributed by atoms with Crippen LogP contribution in [0.3, 0.4) is 0 Å². The van der Waals surface area contributed by atoms with E-state index in [1.807, 2.05) is 18.2 Å². The van der Waals surface area contributed by atoms with Gasteiger partial charge in [0.2, 0.25) is 0 Å². The minimum atomic E-state index is 0.288. The molecule has 0 fully saturated rings. The lowest BCUT2D eigenvalue weighted by atomic mass is 10.3. The lowest BCUT2D eigenvalue weighted by Crippen LogP contribution is -1.71. The van der Waals surface area contributed by atoms with Crippen molar-refractivity contribution in [2.45, 2.75) is 0 Å². The summed E-state index contributed by atoms with van der Waals surface area (Å²) in [5, 5.41) is 8.90. The molecule has 1 rings (SSSR count). The van der Waals surface area contributed by atoms with Gasteiger partial charge in [-0.05, 0) is 12.2 Å². The van der Waals surface area contributed by atoms with Gasteiger partial charge in [-0.2, -0.15) is 0 Å². The fourth-order valence-corrected chi connectivity index (χ4v) is 0.556. The molecule has 1 aliphatic carbocycles. The normalized spacial score (nSPS) is 33.1. The molecule has 0 aliphatic heterocycles. The van der Waals surface area contributed by atoms with Gasteiger partial charge in [0.25, 0.3) is 0 Å². The molecule has 1 N–H and O–H groups in total. The molecule has 0 amide bonds. The van der Waals surface area contributed by atoms with Gasteiger partial charge in [0.05, 0.1) is 0 Å². The van der Waals surface area contributed by atoms with E-state index in [2.05, 4.69) is 0 Å². The van der Waals surface area contributed by atoms with E-state index in [9.17, 15) is 0 Å². The molecule has 0 aromatic rings. The molecule has 0 saturated heterocycles. The Morgan fingerprint density at radius 2 is 1.56 bits per heavy atom. The summed E-state index contributed by atoms with van der Waals surface area (Å²) in [5.41, 5.74) is 0. The number of aliphatic hydroxyl groups excluding tert-OH is 1. The largest absolute Gasteiger partial charge is 0.508 e. The van der Waals surface area contributed by atoms with Gasteiger partial charge in [0.15, 0.2) is 0 Å². The maximum atomic E-state index is 8.90. The second kappa shape index (κ2) is 2.92. The average Bonchev–Trinajstić information content (AvgIpc) is 1.79. The predicted octanol–water partition coefficient (Wildman–Crippen LogP) is 2.11. The summed E-state index contributed by atoms with van der Waals surface area (Å²) in [7, 11) is 0. The van der Waals surface area contributed by atoms with Gasteiger partial charge in [0, 0.05) is 0 Å². The topological polar surface area (TPSA) is 20.2 Å². The van der Waals surface area contributed by atoms with E-state index < -0.39 is 0 Å². The lowest BCUT2D eigenvalue weighted by Gasteiger charge is -1.87. The van der Waals surface area contributed by atoms with E-state index in [1.54, 1.807) is 24.3 Å². The van der Waals surface area contributed by atoms with Crippen molar-refractivity contribution in [1.29, 1.82) is 0 Å². The summed E-state index contributed by atoms with van der Waals surface area (Å²) < 4.78 is 0. The maximum Gasteiger partial charge on any atom is 0.115 e. The van der Waals surface area contributed by atoms with Gasteiger partial charge < -0.3 is 5.11 Å². The molecule has 0 heterocycles. The Labute approximate surface area is 54.3 Å². The third kappa shape index (κ3) is 2.00. The Morgan fingerprint density at radius 3 is 2.44 bits per heavy atom. The van der Waals surface area contributed by atoms with Gasteiger partial charge in [0.1, 0.15) is 5.76 Å². The lowest BCUT2D eigenvalue weighted by molar-refractivity contribution is 0.432. The van der Waals surface area contributed by atoms with Crippen LogP contribution in [0.25, 0.3) is 0 Å². The summed E-state index contributed by atoms with van der Waals surface area (Å²) in [6.45, 7) is 0. The minimum absolute atomic E-state index is 0.288. The van der Waals surface area contributed by atoms with Crippen LogP contribution in [0.2, 0.25) is 0 Å². The fraction of sp³-hybridized carbons (Fsp3) is 0. The van der Waals surface area contributed by atoms with Crippen LogP contribution in [0.15, 0.2) is 48.3 Å². The monoisotopic (exact) mass is 120 g/mol. The van der Waals surface area contributed by atoms with Crippen molar-refractivity contribution >= 4 is 0 Å². The Hall–Kier alpha value is -1.24. The van der Waals surface area contributed by atoms with Gasteiger partial charge in [-0.15, -0.1) is 0 Å². The number of rotatable bonds is 0. The van der Waals surface area contributed by atoms with Crippen molar-refractivity contribution in [3.05, 3.63) is 48.3 Å². The molecule has 0 aromatic carbocycles. The molecule has 1 heteroatoms. The molecule has 1 nitrogen and oxygen atoms in total. The SMILES string of the molecule is OC1=C/C=C\C=C/C=C\1. The van der Waals surface area contributed by atoms with Crippen LogP contribution in [0.1, 0.15) is 0 Å². The Morgan fingerprint density at radius 1 is 0.889 bits per heavy atom. The molecular formula is C8H8O. The first-order valence-corrected chi connectivity index (χ1v) is 2.80. The van der Waals surface area contributed by atoms with E-state index in [0.717, 1.165) is 0 Å². The number of hydrogen-bond acceptors (Lipinski definition) is 1. The Bertz CT molecular complexity index is 195. The molecule has 0 spiro atoms. The molecule has 0 atom stereocenters. The highest BCUT2D eigenvalue weighted by molar-refractivity contribution is 5.26. The molecule has 0 saturated carbocycles. The summed E-state index contributed by atoms with van der Waals surface area (Å²) in [4.78, 5) is 0. The van der Waals surface area contributed by atoms with E-state index in [1.165, 1.54) is 0 Å². The minimum Gasteiger partial charge on any atom is -0.508 e. The van der Waals surface area contributed by atoms with Crippen LogP contribution in [0, 0.1) is 0 Å². The van der Waals surface area contributed by atoms with Crippen LogP contribution >= 0.6 is 0 Å². The number of hydrogen-bond donors (Lipinski definition) is 1. The predicted molar refractivity (Wildman–Crippen MR) is 38.1 cm³/mol. The van der Waals surface area contributed by atoms with Gasteiger partial charge in [-0.1, -0.05) is 30.4 Å². The van der Waals surface area contributed by atoms with Gasteiger partial charge >= 0.3 is 0 Å². The summed E-state index contributed by atoms with van der Waals surface area (Å²) in [5.74, 6) is 0.288. The molecule has 0 radical (unpaired) electrons. The second-order valence-corrected chi connectivity index (χ2v) is 1.72. The molecule has 46 valence electrons. The van der Waals surface area contributed by atoms with E-state index in [0.29, 0.717) is 0 Å². The molecule has 0 bridgehead atoms. The summed E-state index contributed by atoms with van der Waals surface area (Å²) >= 11 is 0. The van der Waals surface area contributed by atoms with Crippen molar-refractivity contribution < 1.29 is 5.11 Å². The maximum absolute atomic E-state index is 8.90. The van der Waals surface area contributed by atoms with Crippen molar-refractivity contribution in [2.75, 3.05) is 0 Å². The summed E-state index contributed by atoms with van der Waals surface area (Å²) in [6.07, 6.45) is 12.5. The number of aliphatic hydroxyl groups is 1. The second-order valence-electron chi connectivity index (χ2n) is 1.72. The van der Waals surface area contributed by atoms with Crippen molar-refractivity contribution in [3.63, 3.8) is 0 Å². The zero-order valence-corrected chi connectivity index (χ0v) is 4.99. The van der Waals surface area contributed by atoms with Crippen LogP contribution in [0.4, 0.5) is 0 Å². The highest BCUT2D eigenvalue weighted by atomic mass is 16.3. The van der Waals surface area contributed by atoms with E-state index in [-0.39, 0.29) is 5.76 Å². The molecule has 1 aliphatic rings. The molecule has 0 unspecified atom stereocenters. The first-order chi connectivity index (χ1) is 4.39. The van der Waals surface area contributed by atoms with Crippen LogP contribution in [0.5, 0.6) is 0 Å². The molecule has 9 heavy (non-hydrogen) atoms. The van der Waals surface area contributed by atoms with Gasteiger partial charge in [-0.25, -0.2) is 0 Å². The third-order valence-electron chi connectivity index (χ3n) is 0.978. The average molecular weight is 120 g/mol. The number of allylic oxidation sites excluding steroid dienone is 7. The Balaban J connectivity index is 2.77. The van der Waals surface area contributed by atoms with Crippen LogP contribution < -0.4 is 0 Å². The zero-order valence-electron chi connectivity index (χ0n) is 4.99. The summed E-state index contributed by atoms with van der Waals surface area (Å²) in [6, 6.07) is 0. The molecular weight excluding hydrogens is 112 g/mol. The van der Waals surface area contributed by atoms with Crippen molar-refractivity contribution in [1.82, 2.24) is 0 Å². The highest BCUT2D eigenvalue weighted by Gasteiger charge is 1.79. The van der Waals surface area contributed by atoms with Crippen molar-refractivity contribution in [2.24, 2.45) is 0 Å². The van der Waals surface area contributed by atoms with Crippen LogP contribution in [-0.4, -0.2) is 5.11 Å². The van der Waals surface area contributed by atoms with E-state index >= 15 is 0 Å². The quantitative estimate of drug-likeness (QED) is 0.519. The first-order valence-electron chi connectivity index (χ1n) is 2.80. The highest BCUT2D eigenvalue weighted by Crippen LogP contribution is 1.95. The van der Waals surface area contributed by atoms with Crippen molar-refractivity contribution in [3.8, 4) is 0 Å². The third-order valence-corrected chi connectivity index (χ3v) is 0.978. The first kappa shape index (κ1) is 5.89. The van der Waals surface area contributed by atoms with Gasteiger partial charge in [-0.3, -0.25) is 0 Å². The van der Waals surface area contributed by atoms with Crippen LogP contribution in [-0.2, 0) is 0 Å². The van der Waals surface area contributed by atoms with E-state index in [4.69, 9.17) is 5.11 Å². The molecule has 0 aromatic heterocycles. The smallest absolute Gasteiger partial charge is 0.115 e.